The third-order valence-corrected chi connectivity index (χ3v) is 7.37. The number of aryl methyl sites for hydroxylation is 1. The molecular weight excluding hydrogens is 427 g/mol. The second-order valence-electron chi connectivity index (χ2n) is 5.94. The molecule has 0 fully saturated rings. The zero-order chi connectivity index (χ0) is 19.6. The van der Waals surface area contributed by atoms with Crippen molar-refractivity contribution in [2.24, 2.45) is 12.0 Å². The van der Waals surface area contributed by atoms with E-state index in [4.69, 9.17) is 23.2 Å². The average molecular weight is 443 g/mol. The highest BCUT2D eigenvalue weighted by molar-refractivity contribution is 7.91. The van der Waals surface area contributed by atoms with Crippen molar-refractivity contribution in [2.45, 2.75) is 17.7 Å². The Hall–Kier alpha value is -1.67. The van der Waals surface area contributed by atoms with E-state index in [1.807, 2.05) is 23.7 Å². The maximum Gasteiger partial charge on any atom is 0.248 e. The Kier molecular flexibility index (Phi) is 6.05. The van der Waals surface area contributed by atoms with Gasteiger partial charge >= 0.3 is 0 Å². The van der Waals surface area contributed by atoms with E-state index in [0.717, 1.165) is 10.2 Å². The van der Waals surface area contributed by atoms with Gasteiger partial charge in [-0.1, -0.05) is 34.5 Å². The fourth-order valence-corrected chi connectivity index (χ4v) is 5.30. The van der Waals surface area contributed by atoms with Gasteiger partial charge in [0.1, 0.15) is 0 Å². The maximum atomic E-state index is 12.3. The van der Waals surface area contributed by atoms with Gasteiger partial charge in [0, 0.05) is 23.5 Å². The number of halogens is 2. The van der Waals surface area contributed by atoms with Crippen LogP contribution >= 0.6 is 34.5 Å². The molecule has 1 aromatic heterocycles. The smallest absolute Gasteiger partial charge is 0.248 e. The fourth-order valence-electron chi connectivity index (χ4n) is 2.55. The zero-order valence-corrected chi connectivity index (χ0v) is 17.5. The van der Waals surface area contributed by atoms with E-state index in [9.17, 15) is 13.2 Å². The van der Waals surface area contributed by atoms with Crippen LogP contribution in [0.4, 0.5) is 0 Å². The summed E-state index contributed by atoms with van der Waals surface area (Å²) in [4.78, 5) is 17.0. The fraction of sp³-hybridized carbons (Fsp3) is 0.222. The third kappa shape index (κ3) is 4.79. The summed E-state index contributed by atoms with van der Waals surface area (Å²) in [5.41, 5.74) is 0.932. The van der Waals surface area contributed by atoms with Crippen LogP contribution in [-0.4, -0.2) is 24.6 Å². The lowest BCUT2D eigenvalue weighted by molar-refractivity contribution is -0.118. The standard InChI is InChI=1S/C18H16Cl2N2O3S2/c1-22-15-9-6-13(20)11-16(15)26-18(22)21-17(23)3-2-10-27(24,25)14-7-4-12(19)5-8-14/h4-9,11H,2-3,10H2,1H3. The van der Waals surface area contributed by atoms with Crippen molar-refractivity contribution in [1.82, 2.24) is 4.57 Å². The molecule has 0 spiro atoms. The molecule has 0 saturated carbocycles. The molecule has 0 N–H and O–H groups in total. The molecule has 0 unspecified atom stereocenters. The number of sulfone groups is 1. The molecule has 0 aliphatic rings. The number of fused-ring (bicyclic) bond motifs is 1. The van der Waals surface area contributed by atoms with Crippen LogP contribution in [0.3, 0.4) is 0 Å². The van der Waals surface area contributed by atoms with Crippen molar-refractivity contribution in [3.05, 3.63) is 57.3 Å². The molecule has 3 aromatic rings. The highest BCUT2D eigenvalue weighted by Gasteiger charge is 2.15. The first-order valence-electron chi connectivity index (χ1n) is 8.07. The number of aromatic nitrogens is 1. The van der Waals surface area contributed by atoms with Gasteiger partial charge in [-0.05, 0) is 48.9 Å². The number of amides is 1. The molecule has 2 aromatic carbocycles. The van der Waals surface area contributed by atoms with Gasteiger partial charge in [-0.2, -0.15) is 4.99 Å². The van der Waals surface area contributed by atoms with Gasteiger partial charge in [0.2, 0.25) is 5.91 Å². The van der Waals surface area contributed by atoms with Crippen LogP contribution in [0.15, 0.2) is 52.4 Å². The van der Waals surface area contributed by atoms with Crippen LogP contribution in [0.2, 0.25) is 10.0 Å². The summed E-state index contributed by atoms with van der Waals surface area (Å²) in [5, 5.41) is 1.09. The topological polar surface area (TPSA) is 68.5 Å². The van der Waals surface area contributed by atoms with Crippen molar-refractivity contribution < 1.29 is 13.2 Å². The number of rotatable bonds is 5. The molecule has 142 valence electrons. The molecule has 9 heteroatoms. The van der Waals surface area contributed by atoms with E-state index in [1.165, 1.54) is 35.6 Å². The second-order valence-corrected chi connectivity index (χ2v) is 9.93. The average Bonchev–Trinajstić information content (AvgIpc) is 2.90. The van der Waals surface area contributed by atoms with Crippen LogP contribution in [0, 0.1) is 0 Å². The summed E-state index contributed by atoms with van der Waals surface area (Å²) in [6, 6.07) is 11.5. The van der Waals surface area contributed by atoms with Crippen LogP contribution in [0.1, 0.15) is 12.8 Å². The number of hydrogen-bond donors (Lipinski definition) is 0. The molecule has 3 rings (SSSR count). The monoisotopic (exact) mass is 442 g/mol. The first-order valence-corrected chi connectivity index (χ1v) is 11.3. The van der Waals surface area contributed by atoms with Gasteiger partial charge in [-0.15, -0.1) is 0 Å². The largest absolute Gasteiger partial charge is 0.319 e. The first kappa shape index (κ1) is 20.1. The van der Waals surface area contributed by atoms with E-state index in [1.54, 1.807) is 6.07 Å². The van der Waals surface area contributed by atoms with Crippen molar-refractivity contribution in [3.8, 4) is 0 Å². The minimum Gasteiger partial charge on any atom is -0.319 e. The van der Waals surface area contributed by atoms with Gasteiger partial charge in [0.05, 0.1) is 20.9 Å². The first-order chi connectivity index (χ1) is 12.8. The Bertz CT molecular complexity index is 1160. The van der Waals surface area contributed by atoms with E-state index in [-0.39, 0.29) is 29.4 Å². The van der Waals surface area contributed by atoms with Gasteiger partial charge in [0.25, 0.3) is 0 Å². The summed E-state index contributed by atoms with van der Waals surface area (Å²) >= 11 is 13.1. The van der Waals surface area contributed by atoms with Gasteiger partial charge in [-0.25, -0.2) is 8.42 Å². The predicted octanol–water partition coefficient (Wildman–Crippen LogP) is 4.23. The molecule has 0 aliphatic carbocycles. The summed E-state index contributed by atoms with van der Waals surface area (Å²) < 4.78 is 27.3. The Morgan fingerprint density at radius 1 is 1.11 bits per heavy atom. The Balaban J connectivity index is 1.69. The lowest BCUT2D eigenvalue weighted by Gasteiger charge is -2.03. The number of benzene rings is 2. The second kappa shape index (κ2) is 8.14. The highest BCUT2D eigenvalue weighted by atomic mass is 35.5. The molecule has 1 amide bonds. The SMILES string of the molecule is Cn1c(=NC(=O)CCCS(=O)(=O)c2ccc(Cl)cc2)sc2cc(Cl)ccc21. The minimum absolute atomic E-state index is 0.0574. The summed E-state index contributed by atoms with van der Waals surface area (Å²) in [6.07, 6.45) is 0.259. The summed E-state index contributed by atoms with van der Waals surface area (Å²) in [5.74, 6) is -0.473. The van der Waals surface area contributed by atoms with E-state index in [0.29, 0.717) is 14.8 Å². The van der Waals surface area contributed by atoms with Crippen LogP contribution in [0.25, 0.3) is 10.2 Å². The number of carbonyl (C=O) groups excluding carboxylic acids is 1. The van der Waals surface area contributed by atoms with E-state index >= 15 is 0 Å². The molecule has 0 saturated heterocycles. The molecule has 5 nitrogen and oxygen atoms in total. The summed E-state index contributed by atoms with van der Waals surface area (Å²) in [7, 11) is -1.63. The lowest BCUT2D eigenvalue weighted by atomic mass is 10.3. The van der Waals surface area contributed by atoms with E-state index in [2.05, 4.69) is 4.99 Å². The van der Waals surface area contributed by atoms with Crippen LogP contribution < -0.4 is 4.80 Å². The van der Waals surface area contributed by atoms with Crippen molar-refractivity contribution in [2.75, 3.05) is 5.75 Å². The molecule has 0 bridgehead atoms. The lowest BCUT2D eigenvalue weighted by Crippen LogP contribution is -2.14. The Morgan fingerprint density at radius 2 is 1.78 bits per heavy atom. The highest BCUT2D eigenvalue weighted by Crippen LogP contribution is 2.21. The van der Waals surface area contributed by atoms with Crippen LogP contribution in [-0.2, 0) is 21.7 Å². The Labute approximate surface area is 170 Å². The number of hydrogen-bond acceptors (Lipinski definition) is 4. The molecular formula is C18H16Cl2N2O3S2. The zero-order valence-electron chi connectivity index (χ0n) is 14.4. The molecule has 0 radical (unpaired) electrons. The Morgan fingerprint density at radius 3 is 2.48 bits per heavy atom. The number of carbonyl (C=O) groups is 1. The molecule has 27 heavy (non-hydrogen) atoms. The number of thiazole rings is 1. The van der Waals surface area contributed by atoms with Crippen LogP contribution in [0.5, 0.6) is 0 Å². The van der Waals surface area contributed by atoms with Gasteiger partial charge in [-0.3, -0.25) is 4.79 Å². The quantitative estimate of drug-likeness (QED) is 0.593. The minimum atomic E-state index is -3.45. The molecule has 1 heterocycles. The molecule has 0 atom stereocenters. The van der Waals surface area contributed by atoms with Crippen molar-refractivity contribution in [3.63, 3.8) is 0 Å². The third-order valence-electron chi connectivity index (χ3n) is 3.97. The maximum absolute atomic E-state index is 12.3. The van der Waals surface area contributed by atoms with E-state index < -0.39 is 9.84 Å². The van der Waals surface area contributed by atoms with Gasteiger partial charge in [0.15, 0.2) is 14.6 Å². The van der Waals surface area contributed by atoms with Crippen molar-refractivity contribution >= 4 is 60.5 Å². The molecule has 0 aliphatic heterocycles. The van der Waals surface area contributed by atoms with Gasteiger partial charge < -0.3 is 4.57 Å². The predicted molar refractivity (Wildman–Crippen MR) is 109 cm³/mol. The normalized spacial score (nSPS) is 12.6. The van der Waals surface area contributed by atoms with Crippen molar-refractivity contribution in [1.29, 1.82) is 0 Å². The summed E-state index contributed by atoms with van der Waals surface area (Å²) in [6.45, 7) is 0. The number of nitrogens with zero attached hydrogens (tertiary/aromatic N) is 2.